The zero-order valence-corrected chi connectivity index (χ0v) is 13.6. The molecule has 0 saturated heterocycles. The molecule has 1 aliphatic rings. The van der Waals surface area contributed by atoms with Gasteiger partial charge in [0, 0.05) is 37.3 Å². The standard InChI is InChI=1S/C17H16F4N4O/c1-2-15(26)22-8-11-9-24(16-5-6-23-25(16)10-11)12-3-4-13(14(18)7-12)17(19,20)21/h2-7,11H,1,8-10H2,(H,22,26)/t11-/m0/s1. The molecule has 0 fully saturated rings. The summed E-state index contributed by atoms with van der Waals surface area (Å²) in [5.74, 6) is -1.06. The van der Waals surface area contributed by atoms with Gasteiger partial charge in [0.1, 0.15) is 11.6 Å². The van der Waals surface area contributed by atoms with Gasteiger partial charge in [-0.2, -0.15) is 18.3 Å². The summed E-state index contributed by atoms with van der Waals surface area (Å²) in [6, 6.07) is 4.53. The maximum atomic E-state index is 14.0. The van der Waals surface area contributed by atoms with Gasteiger partial charge in [0.2, 0.25) is 5.91 Å². The van der Waals surface area contributed by atoms with Crippen LogP contribution >= 0.6 is 0 Å². The van der Waals surface area contributed by atoms with Gasteiger partial charge in [-0.25, -0.2) is 9.07 Å². The zero-order valence-electron chi connectivity index (χ0n) is 13.6. The summed E-state index contributed by atoms with van der Waals surface area (Å²) in [6.07, 6.45) is -2.03. The van der Waals surface area contributed by atoms with E-state index in [4.69, 9.17) is 0 Å². The lowest BCUT2D eigenvalue weighted by Crippen LogP contribution is -2.41. The predicted molar refractivity (Wildman–Crippen MR) is 87.3 cm³/mol. The van der Waals surface area contributed by atoms with E-state index in [1.165, 1.54) is 6.07 Å². The van der Waals surface area contributed by atoms with Gasteiger partial charge in [-0.05, 0) is 24.3 Å². The normalized spacial score (nSPS) is 16.9. The summed E-state index contributed by atoms with van der Waals surface area (Å²) >= 11 is 0. The zero-order chi connectivity index (χ0) is 18.9. The van der Waals surface area contributed by atoms with Gasteiger partial charge in [0.15, 0.2) is 0 Å². The fourth-order valence-corrected chi connectivity index (χ4v) is 2.94. The quantitative estimate of drug-likeness (QED) is 0.667. The molecular formula is C17H16F4N4O. The largest absolute Gasteiger partial charge is 0.419 e. The Labute approximate surface area is 146 Å². The Bertz CT molecular complexity index is 830. The Morgan fingerprint density at radius 3 is 2.77 bits per heavy atom. The van der Waals surface area contributed by atoms with E-state index in [0.717, 1.165) is 18.2 Å². The number of alkyl halides is 3. The molecule has 1 N–H and O–H groups in total. The molecule has 0 radical (unpaired) electrons. The Morgan fingerprint density at radius 2 is 2.12 bits per heavy atom. The lowest BCUT2D eigenvalue weighted by Gasteiger charge is -2.35. The summed E-state index contributed by atoms with van der Waals surface area (Å²) in [4.78, 5) is 13.0. The number of halogens is 4. The molecule has 138 valence electrons. The van der Waals surface area contributed by atoms with Crippen molar-refractivity contribution in [1.29, 1.82) is 0 Å². The van der Waals surface area contributed by atoms with Crippen molar-refractivity contribution in [3.8, 4) is 0 Å². The summed E-state index contributed by atoms with van der Waals surface area (Å²) in [5.41, 5.74) is -1.02. The molecule has 1 aromatic carbocycles. The van der Waals surface area contributed by atoms with Crippen molar-refractivity contribution in [1.82, 2.24) is 15.1 Å². The van der Waals surface area contributed by atoms with Crippen LogP contribution in [0.3, 0.4) is 0 Å². The third kappa shape index (κ3) is 3.56. The van der Waals surface area contributed by atoms with Crippen LogP contribution in [0.4, 0.5) is 29.1 Å². The number of carbonyl (C=O) groups is 1. The first-order valence-electron chi connectivity index (χ1n) is 7.86. The average molecular weight is 368 g/mol. The molecule has 1 atom stereocenters. The minimum absolute atomic E-state index is 0.0587. The monoisotopic (exact) mass is 368 g/mol. The Kier molecular flexibility index (Phi) is 4.71. The van der Waals surface area contributed by atoms with E-state index in [2.05, 4.69) is 17.0 Å². The number of anilines is 2. The Morgan fingerprint density at radius 1 is 1.35 bits per heavy atom. The van der Waals surface area contributed by atoms with Crippen LogP contribution in [0.2, 0.25) is 0 Å². The van der Waals surface area contributed by atoms with Crippen molar-refractivity contribution in [3.05, 3.63) is 54.5 Å². The highest BCUT2D eigenvalue weighted by atomic mass is 19.4. The lowest BCUT2D eigenvalue weighted by atomic mass is 10.1. The molecule has 3 rings (SSSR count). The van der Waals surface area contributed by atoms with Crippen LogP contribution in [0, 0.1) is 11.7 Å². The topological polar surface area (TPSA) is 50.2 Å². The summed E-state index contributed by atoms with van der Waals surface area (Å²) in [6.45, 7) is 4.64. The first kappa shape index (κ1) is 18.0. The molecule has 0 aliphatic carbocycles. The van der Waals surface area contributed by atoms with Gasteiger partial charge < -0.3 is 10.2 Å². The molecule has 0 saturated carbocycles. The number of hydrogen-bond donors (Lipinski definition) is 1. The highest BCUT2D eigenvalue weighted by molar-refractivity contribution is 5.86. The first-order chi connectivity index (χ1) is 12.3. The molecule has 5 nitrogen and oxygen atoms in total. The molecule has 26 heavy (non-hydrogen) atoms. The van der Waals surface area contributed by atoms with Gasteiger partial charge in [-0.1, -0.05) is 6.58 Å². The van der Waals surface area contributed by atoms with Crippen LogP contribution < -0.4 is 10.2 Å². The molecular weight excluding hydrogens is 352 g/mol. The van der Waals surface area contributed by atoms with Gasteiger partial charge in [0.25, 0.3) is 0 Å². The number of benzene rings is 1. The summed E-state index contributed by atoms with van der Waals surface area (Å²) in [5, 5.41) is 6.87. The number of aromatic nitrogens is 2. The third-order valence-corrected chi connectivity index (χ3v) is 4.16. The van der Waals surface area contributed by atoms with Crippen LogP contribution in [0.1, 0.15) is 5.56 Å². The number of nitrogens with one attached hydrogen (secondary N) is 1. The molecule has 0 spiro atoms. The molecule has 0 unspecified atom stereocenters. The van der Waals surface area contributed by atoms with Crippen molar-refractivity contribution in [3.63, 3.8) is 0 Å². The van der Waals surface area contributed by atoms with E-state index in [1.807, 2.05) is 0 Å². The lowest BCUT2D eigenvalue weighted by molar-refractivity contribution is -0.140. The average Bonchev–Trinajstić information content (AvgIpc) is 3.06. The van der Waals surface area contributed by atoms with Crippen LogP contribution in [-0.4, -0.2) is 28.8 Å². The van der Waals surface area contributed by atoms with Gasteiger partial charge >= 0.3 is 6.18 Å². The maximum Gasteiger partial charge on any atom is 0.419 e. The molecule has 2 heterocycles. The van der Waals surface area contributed by atoms with E-state index in [-0.39, 0.29) is 17.5 Å². The fourth-order valence-electron chi connectivity index (χ4n) is 2.94. The van der Waals surface area contributed by atoms with Crippen LogP contribution in [0.15, 0.2) is 43.1 Å². The van der Waals surface area contributed by atoms with Crippen molar-refractivity contribution in [2.45, 2.75) is 12.7 Å². The van der Waals surface area contributed by atoms with Crippen molar-refractivity contribution < 1.29 is 22.4 Å². The van der Waals surface area contributed by atoms with Crippen molar-refractivity contribution in [2.75, 3.05) is 18.0 Å². The van der Waals surface area contributed by atoms with Gasteiger partial charge in [-0.3, -0.25) is 4.79 Å². The Balaban J connectivity index is 1.88. The van der Waals surface area contributed by atoms with Crippen molar-refractivity contribution in [2.24, 2.45) is 5.92 Å². The minimum Gasteiger partial charge on any atom is -0.352 e. The second kappa shape index (κ2) is 6.81. The Hall–Kier alpha value is -2.84. The number of nitrogens with zero attached hydrogens (tertiary/aromatic N) is 3. The summed E-state index contributed by atoms with van der Waals surface area (Å²) < 4.78 is 53.9. The second-order valence-corrected chi connectivity index (χ2v) is 5.96. The molecule has 1 aromatic heterocycles. The highest BCUT2D eigenvalue weighted by Crippen LogP contribution is 2.36. The van der Waals surface area contributed by atoms with Crippen molar-refractivity contribution >= 4 is 17.4 Å². The second-order valence-electron chi connectivity index (χ2n) is 5.96. The number of rotatable bonds is 4. The smallest absolute Gasteiger partial charge is 0.352 e. The first-order valence-corrected chi connectivity index (χ1v) is 7.86. The summed E-state index contributed by atoms with van der Waals surface area (Å²) in [7, 11) is 0. The van der Waals surface area contributed by atoms with E-state index >= 15 is 0 Å². The van der Waals surface area contributed by atoms with Gasteiger partial charge in [0.05, 0.1) is 11.8 Å². The third-order valence-electron chi connectivity index (χ3n) is 4.16. The molecule has 9 heteroatoms. The van der Waals surface area contributed by atoms with Crippen LogP contribution in [0.25, 0.3) is 0 Å². The minimum atomic E-state index is -4.75. The van der Waals surface area contributed by atoms with E-state index in [1.54, 1.807) is 21.8 Å². The van der Waals surface area contributed by atoms with E-state index in [9.17, 15) is 22.4 Å². The SMILES string of the molecule is C=CC(=O)NC[C@H]1CN(c2ccc(C(F)(F)F)c(F)c2)c2ccnn2C1. The number of amides is 1. The van der Waals surface area contributed by atoms with E-state index < -0.39 is 17.6 Å². The van der Waals surface area contributed by atoms with E-state index in [0.29, 0.717) is 25.5 Å². The number of carbonyl (C=O) groups excluding carboxylic acids is 1. The van der Waals surface area contributed by atoms with Crippen LogP contribution in [-0.2, 0) is 17.5 Å². The molecule has 0 bridgehead atoms. The molecule has 2 aromatic rings. The molecule has 1 amide bonds. The fraction of sp³-hybridized carbons (Fsp3) is 0.294. The number of hydrogen-bond acceptors (Lipinski definition) is 3. The highest BCUT2D eigenvalue weighted by Gasteiger charge is 2.35. The van der Waals surface area contributed by atoms with Gasteiger partial charge in [-0.15, -0.1) is 0 Å². The predicted octanol–water partition coefficient (Wildman–Crippen LogP) is 3.11. The molecule has 1 aliphatic heterocycles. The van der Waals surface area contributed by atoms with Crippen LogP contribution in [0.5, 0.6) is 0 Å². The number of fused-ring (bicyclic) bond motifs is 1. The maximum absolute atomic E-state index is 14.0.